The molecule has 21 heavy (non-hydrogen) atoms. The molecule has 1 N–H and O–H groups in total. The Morgan fingerprint density at radius 1 is 1.38 bits per heavy atom. The van der Waals surface area contributed by atoms with E-state index in [1.54, 1.807) is 18.1 Å². The highest BCUT2D eigenvalue weighted by atomic mass is 16.5. The van der Waals surface area contributed by atoms with E-state index in [4.69, 9.17) is 4.74 Å². The third-order valence-electron chi connectivity index (χ3n) is 3.19. The van der Waals surface area contributed by atoms with E-state index in [9.17, 15) is 5.11 Å². The average Bonchev–Trinajstić information content (AvgIpc) is 2.97. The van der Waals surface area contributed by atoms with Gasteiger partial charge in [0.25, 0.3) is 0 Å². The molecule has 0 spiro atoms. The van der Waals surface area contributed by atoms with Gasteiger partial charge in [-0.2, -0.15) is 5.10 Å². The SMILES string of the molecule is COc1cccc(/C=C(\C(O)C(C)(C)C)n2cncn2)c1. The normalized spacial score (nSPS) is 14.0. The predicted molar refractivity (Wildman–Crippen MR) is 82.6 cm³/mol. The average molecular weight is 287 g/mol. The van der Waals surface area contributed by atoms with Crippen LogP contribution in [0.15, 0.2) is 36.9 Å². The van der Waals surface area contributed by atoms with Gasteiger partial charge in [0.05, 0.1) is 12.8 Å². The Labute approximate surface area is 124 Å². The van der Waals surface area contributed by atoms with Crippen LogP contribution in [0.1, 0.15) is 26.3 Å². The highest BCUT2D eigenvalue weighted by Gasteiger charge is 2.27. The Morgan fingerprint density at radius 3 is 2.71 bits per heavy atom. The number of hydrogen-bond acceptors (Lipinski definition) is 4. The summed E-state index contributed by atoms with van der Waals surface area (Å²) in [4.78, 5) is 3.96. The molecule has 0 aliphatic carbocycles. The van der Waals surface area contributed by atoms with Crippen LogP contribution in [0.2, 0.25) is 0 Å². The number of aliphatic hydroxyl groups excluding tert-OH is 1. The number of aliphatic hydroxyl groups is 1. The molecule has 0 bridgehead atoms. The molecule has 0 amide bonds. The summed E-state index contributed by atoms with van der Waals surface area (Å²) < 4.78 is 6.82. The third-order valence-corrected chi connectivity index (χ3v) is 3.19. The molecule has 1 heterocycles. The second kappa shape index (κ2) is 6.10. The van der Waals surface area contributed by atoms with E-state index in [1.807, 2.05) is 51.1 Å². The lowest BCUT2D eigenvalue weighted by Gasteiger charge is -2.28. The van der Waals surface area contributed by atoms with Crippen molar-refractivity contribution >= 4 is 11.8 Å². The van der Waals surface area contributed by atoms with Crippen molar-refractivity contribution in [2.75, 3.05) is 7.11 Å². The van der Waals surface area contributed by atoms with E-state index in [0.717, 1.165) is 11.3 Å². The Balaban J connectivity index is 2.46. The van der Waals surface area contributed by atoms with Gasteiger partial charge in [-0.15, -0.1) is 0 Å². The summed E-state index contributed by atoms with van der Waals surface area (Å²) in [6, 6.07) is 7.65. The summed E-state index contributed by atoms with van der Waals surface area (Å²) in [5, 5.41) is 14.8. The van der Waals surface area contributed by atoms with Crippen molar-refractivity contribution in [1.82, 2.24) is 14.8 Å². The third kappa shape index (κ3) is 3.70. The molecule has 1 aromatic carbocycles. The first-order chi connectivity index (χ1) is 9.91. The van der Waals surface area contributed by atoms with Crippen LogP contribution >= 0.6 is 0 Å². The van der Waals surface area contributed by atoms with Gasteiger partial charge in [-0.1, -0.05) is 32.9 Å². The number of ether oxygens (including phenoxy) is 1. The van der Waals surface area contributed by atoms with Crippen LogP contribution in [-0.2, 0) is 0 Å². The van der Waals surface area contributed by atoms with Crippen LogP contribution < -0.4 is 4.74 Å². The largest absolute Gasteiger partial charge is 0.497 e. The second-order valence-electron chi connectivity index (χ2n) is 5.95. The molecule has 5 nitrogen and oxygen atoms in total. The second-order valence-corrected chi connectivity index (χ2v) is 5.95. The monoisotopic (exact) mass is 287 g/mol. The molecule has 112 valence electrons. The van der Waals surface area contributed by atoms with E-state index in [0.29, 0.717) is 5.70 Å². The van der Waals surface area contributed by atoms with Crippen molar-refractivity contribution in [3.8, 4) is 5.75 Å². The van der Waals surface area contributed by atoms with Gasteiger partial charge in [0.15, 0.2) is 0 Å². The quantitative estimate of drug-likeness (QED) is 0.939. The van der Waals surface area contributed by atoms with E-state index < -0.39 is 6.10 Å². The lowest BCUT2D eigenvalue weighted by atomic mass is 9.86. The predicted octanol–water partition coefficient (Wildman–Crippen LogP) is 2.69. The summed E-state index contributed by atoms with van der Waals surface area (Å²) in [7, 11) is 1.63. The van der Waals surface area contributed by atoms with Crippen molar-refractivity contribution in [3.63, 3.8) is 0 Å². The minimum Gasteiger partial charge on any atom is -0.497 e. The number of methoxy groups -OCH3 is 1. The highest BCUT2D eigenvalue weighted by molar-refractivity contribution is 5.73. The molecule has 1 unspecified atom stereocenters. The van der Waals surface area contributed by atoms with Crippen LogP contribution in [0.5, 0.6) is 5.75 Å². The maximum absolute atomic E-state index is 10.6. The summed E-state index contributed by atoms with van der Waals surface area (Å²) in [6.07, 6.45) is 4.26. The fraction of sp³-hybridized carbons (Fsp3) is 0.375. The number of rotatable bonds is 4. The zero-order valence-electron chi connectivity index (χ0n) is 12.8. The number of benzene rings is 1. The molecule has 2 aromatic rings. The van der Waals surface area contributed by atoms with Crippen molar-refractivity contribution in [3.05, 3.63) is 42.5 Å². The molecule has 0 aliphatic rings. The molecular weight excluding hydrogens is 266 g/mol. The molecule has 0 radical (unpaired) electrons. The first-order valence-electron chi connectivity index (χ1n) is 6.80. The molecule has 0 aliphatic heterocycles. The van der Waals surface area contributed by atoms with E-state index in [1.165, 1.54) is 6.33 Å². The molecule has 5 heteroatoms. The van der Waals surface area contributed by atoms with Gasteiger partial charge >= 0.3 is 0 Å². The summed E-state index contributed by atoms with van der Waals surface area (Å²) in [5.74, 6) is 0.770. The van der Waals surface area contributed by atoms with Crippen molar-refractivity contribution in [2.45, 2.75) is 26.9 Å². The lowest BCUT2D eigenvalue weighted by Crippen LogP contribution is -2.29. The van der Waals surface area contributed by atoms with Gasteiger partial charge in [0, 0.05) is 0 Å². The molecule has 1 atom stereocenters. The van der Waals surface area contributed by atoms with Gasteiger partial charge in [0.2, 0.25) is 0 Å². The van der Waals surface area contributed by atoms with Gasteiger partial charge in [-0.25, -0.2) is 9.67 Å². The Hall–Kier alpha value is -2.14. The summed E-state index contributed by atoms with van der Waals surface area (Å²) >= 11 is 0. The number of hydrogen-bond donors (Lipinski definition) is 1. The topological polar surface area (TPSA) is 60.2 Å². The molecule has 0 saturated carbocycles. The Bertz CT molecular complexity index is 613. The van der Waals surface area contributed by atoms with Crippen molar-refractivity contribution in [1.29, 1.82) is 0 Å². The fourth-order valence-corrected chi connectivity index (χ4v) is 1.96. The first-order valence-corrected chi connectivity index (χ1v) is 6.80. The Kier molecular flexibility index (Phi) is 4.43. The minimum absolute atomic E-state index is 0.309. The summed E-state index contributed by atoms with van der Waals surface area (Å²) in [6.45, 7) is 5.94. The number of aromatic nitrogens is 3. The highest BCUT2D eigenvalue weighted by Crippen LogP contribution is 2.29. The van der Waals surface area contributed by atoms with Crippen LogP contribution in [0.4, 0.5) is 0 Å². The fourth-order valence-electron chi connectivity index (χ4n) is 1.96. The standard InChI is InChI=1S/C16H21N3O2/c1-16(2,3)15(20)14(19-11-17-10-18-19)9-12-6-5-7-13(8-12)21-4/h5-11,15,20H,1-4H3/b14-9+. The van der Waals surface area contributed by atoms with Crippen LogP contribution in [0.25, 0.3) is 11.8 Å². The van der Waals surface area contributed by atoms with Gasteiger partial charge in [-0.3, -0.25) is 0 Å². The van der Waals surface area contributed by atoms with E-state index in [-0.39, 0.29) is 5.41 Å². The van der Waals surface area contributed by atoms with Gasteiger partial charge in [0.1, 0.15) is 24.5 Å². The number of nitrogens with zero attached hydrogens (tertiary/aromatic N) is 3. The molecule has 2 rings (SSSR count). The van der Waals surface area contributed by atoms with Crippen LogP contribution in [0.3, 0.4) is 0 Å². The van der Waals surface area contributed by atoms with Crippen molar-refractivity contribution < 1.29 is 9.84 Å². The lowest BCUT2D eigenvalue weighted by molar-refractivity contribution is 0.109. The molecule has 1 aromatic heterocycles. The zero-order chi connectivity index (χ0) is 15.5. The summed E-state index contributed by atoms with van der Waals surface area (Å²) in [5.41, 5.74) is 1.30. The molecule has 0 fully saturated rings. The van der Waals surface area contributed by atoms with E-state index in [2.05, 4.69) is 10.1 Å². The molecule has 0 saturated heterocycles. The van der Waals surface area contributed by atoms with Crippen molar-refractivity contribution in [2.24, 2.45) is 5.41 Å². The van der Waals surface area contributed by atoms with E-state index >= 15 is 0 Å². The first kappa shape index (κ1) is 15.3. The zero-order valence-corrected chi connectivity index (χ0v) is 12.8. The van der Waals surface area contributed by atoms with Crippen LogP contribution in [-0.4, -0.2) is 33.1 Å². The van der Waals surface area contributed by atoms with Crippen LogP contribution in [0, 0.1) is 5.41 Å². The maximum Gasteiger partial charge on any atom is 0.138 e. The van der Waals surface area contributed by atoms with Gasteiger partial charge in [-0.05, 0) is 29.2 Å². The maximum atomic E-state index is 10.6. The molecular formula is C16H21N3O2. The smallest absolute Gasteiger partial charge is 0.138 e. The minimum atomic E-state index is -0.676. The van der Waals surface area contributed by atoms with Gasteiger partial charge < -0.3 is 9.84 Å². The Morgan fingerprint density at radius 2 is 2.14 bits per heavy atom.